The third-order valence-electron chi connectivity index (χ3n) is 4.58. The minimum absolute atomic E-state index is 0.236. The van der Waals surface area contributed by atoms with E-state index in [0.29, 0.717) is 12.5 Å². The molecule has 2 N–H and O–H groups in total. The lowest BCUT2D eigenvalue weighted by molar-refractivity contribution is -0.148. The van der Waals surface area contributed by atoms with Gasteiger partial charge in [-0.05, 0) is 46.6 Å². The van der Waals surface area contributed by atoms with Gasteiger partial charge >= 0.3 is 5.97 Å². The first-order valence-corrected chi connectivity index (χ1v) is 7.28. The van der Waals surface area contributed by atoms with Gasteiger partial charge in [-0.15, -0.1) is 0 Å². The Hall–Kier alpha value is -0.650. The first kappa shape index (κ1) is 14.8. The molecule has 0 spiro atoms. The molecule has 0 amide bonds. The number of ether oxygens (including phenoxy) is 1. The van der Waals surface area contributed by atoms with E-state index in [4.69, 9.17) is 4.74 Å². The van der Waals surface area contributed by atoms with Crippen LogP contribution in [0, 0.1) is 0 Å². The maximum absolute atomic E-state index is 11.6. The monoisotopic (exact) mass is 270 g/mol. The number of hydrogen-bond donors (Lipinski definition) is 2. The van der Waals surface area contributed by atoms with Gasteiger partial charge in [0, 0.05) is 19.1 Å². The molecule has 0 aromatic rings. The van der Waals surface area contributed by atoms with Crippen LogP contribution >= 0.6 is 0 Å². The van der Waals surface area contributed by atoms with E-state index in [-0.39, 0.29) is 12.2 Å². The Morgan fingerprint density at radius 1 is 1.37 bits per heavy atom. The molecule has 19 heavy (non-hydrogen) atoms. The van der Waals surface area contributed by atoms with Crippen molar-refractivity contribution >= 4 is 5.97 Å². The summed E-state index contributed by atoms with van der Waals surface area (Å²) < 4.78 is 5.76. The van der Waals surface area contributed by atoms with Crippen molar-refractivity contribution in [1.82, 2.24) is 10.2 Å². The minimum atomic E-state index is -0.742. The van der Waals surface area contributed by atoms with Crippen molar-refractivity contribution in [3.05, 3.63) is 0 Å². The van der Waals surface area contributed by atoms with Crippen molar-refractivity contribution in [2.24, 2.45) is 0 Å². The van der Waals surface area contributed by atoms with Gasteiger partial charge in [0.05, 0.1) is 12.2 Å². The summed E-state index contributed by atoms with van der Waals surface area (Å²) in [5.41, 5.74) is -0.742. The summed E-state index contributed by atoms with van der Waals surface area (Å²) >= 11 is 0. The molecule has 1 aliphatic carbocycles. The fourth-order valence-electron chi connectivity index (χ4n) is 3.60. The fourth-order valence-corrected chi connectivity index (χ4v) is 3.60. The number of nitrogens with zero attached hydrogens (tertiary/aromatic N) is 1. The van der Waals surface area contributed by atoms with E-state index in [0.717, 1.165) is 32.4 Å². The molecule has 0 radical (unpaired) electrons. The second-order valence-corrected chi connectivity index (χ2v) is 6.10. The molecule has 0 bridgehead atoms. The predicted molar refractivity (Wildman–Crippen MR) is 73.3 cm³/mol. The highest BCUT2D eigenvalue weighted by atomic mass is 16.5. The molecule has 2 unspecified atom stereocenters. The van der Waals surface area contributed by atoms with Crippen LogP contribution in [-0.2, 0) is 9.53 Å². The Bertz CT molecular complexity index is 327. The van der Waals surface area contributed by atoms with E-state index >= 15 is 0 Å². The molecule has 0 aromatic heterocycles. The van der Waals surface area contributed by atoms with Crippen LogP contribution in [-0.4, -0.2) is 59.9 Å². The van der Waals surface area contributed by atoms with Gasteiger partial charge in [0.2, 0.25) is 0 Å². The summed E-state index contributed by atoms with van der Waals surface area (Å²) in [7, 11) is 1.76. The SMILES string of the molecule is CNC1(C(=O)O)CCCC(N2C[C@@H](C)O[C@@H](C)C2)C1. The topological polar surface area (TPSA) is 61.8 Å². The second kappa shape index (κ2) is 5.77. The third-order valence-corrected chi connectivity index (χ3v) is 4.58. The Morgan fingerprint density at radius 3 is 2.53 bits per heavy atom. The van der Waals surface area contributed by atoms with E-state index < -0.39 is 11.5 Å². The summed E-state index contributed by atoms with van der Waals surface area (Å²) in [4.78, 5) is 14.0. The van der Waals surface area contributed by atoms with Gasteiger partial charge in [-0.3, -0.25) is 9.69 Å². The van der Waals surface area contributed by atoms with Crippen LogP contribution in [0.25, 0.3) is 0 Å². The highest BCUT2D eigenvalue weighted by Crippen LogP contribution is 2.32. The van der Waals surface area contributed by atoms with Crippen molar-refractivity contribution in [2.45, 2.75) is 63.3 Å². The van der Waals surface area contributed by atoms with Crippen molar-refractivity contribution in [1.29, 1.82) is 0 Å². The molecule has 1 heterocycles. The smallest absolute Gasteiger partial charge is 0.323 e. The first-order chi connectivity index (χ1) is 8.97. The maximum Gasteiger partial charge on any atom is 0.323 e. The lowest BCUT2D eigenvalue weighted by Gasteiger charge is -2.46. The van der Waals surface area contributed by atoms with Gasteiger partial charge in [-0.25, -0.2) is 0 Å². The number of aliphatic carboxylic acids is 1. The van der Waals surface area contributed by atoms with Gasteiger partial charge in [-0.1, -0.05) is 0 Å². The van der Waals surface area contributed by atoms with E-state index in [2.05, 4.69) is 24.1 Å². The lowest BCUT2D eigenvalue weighted by Crippen LogP contribution is -2.59. The molecule has 2 aliphatic rings. The average molecular weight is 270 g/mol. The Balaban J connectivity index is 2.06. The molecule has 1 aliphatic heterocycles. The van der Waals surface area contributed by atoms with Gasteiger partial charge < -0.3 is 15.2 Å². The molecule has 5 nitrogen and oxygen atoms in total. The summed E-state index contributed by atoms with van der Waals surface area (Å²) in [6.07, 6.45) is 3.95. The molecule has 2 fully saturated rings. The van der Waals surface area contributed by atoms with Crippen LogP contribution in [0.3, 0.4) is 0 Å². The summed E-state index contributed by atoms with van der Waals surface area (Å²) in [6, 6.07) is 0.353. The largest absolute Gasteiger partial charge is 0.480 e. The van der Waals surface area contributed by atoms with E-state index in [1.54, 1.807) is 7.05 Å². The molecule has 2 rings (SSSR count). The van der Waals surface area contributed by atoms with Crippen molar-refractivity contribution in [3.63, 3.8) is 0 Å². The van der Waals surface area contributed by atoms with Crippen LogP contribution < -0.4 is 5.32 Å². The first-order valence-electron chi connectivity index (χ1n) is 7.28. The maximum atomic E-state index is 11.6. The van der Waals surface area contributed by atoms with Crippen LogP contribution in [0.2, 0.25) is 0 Å². The molecular formula is C14H26N2O3. The number of rotatable bonds is 3. The van der Waals surface area contributed by atoms with E-state index in [1.807, 2.05) is 0 Å². The Labute approximate surface area is 115 Å². The minimum Gasteiger partial charge on any atom is -0.480 e. The molecule has 0 aromatic carbocycles. The molecule has 5 heteroatoms. The fraction of sp³-hybridized carbons (Fsp3) is 0.929. The number of morpholine rings is 1. The Morgan fingerprint density at radius 2 is 2.00 bits per heavy atom. The lowest BCUT2D eigenvalue weighted by atomic mass is 9.78. The number of carboxylic acids is 1. The third kappa shape index (κ3) is 3.09. The molecule has 1 saturated heterocycles. The Kier molecular flexibility index (Phi) is 4.48. The van der Waals surface area contributed by atoms with Crippen LogP contribution in [0.5, 0.6) is 0 Å². The summed E-state index contributed by atoms with van der Waals surface area (Å²) in [5.74, 6) is -0.714. The number of carbonyl (C=O) groups is 1. The normalized spacial score (nSPS) is 41.1. The number of hydrogen-bond acceptors (Lipinski definition) is 4. The molecule has 1 saturated carbocycles. The summed E-state index contributed by atoms with van der Waals surface area (Å²) in [5, 5.41) is 12.6. The van der Waals surface area contributed by atoms with Crippen LogP contribution in [0.4, 0.5) is 0 Å². The highest BCUT2D eigenvalue weighted by Gasteiger charge is 2.44. The summed E-state index contributed by atoms with van der Waals surface area (Å²) in [6.45, 7) is 6.00. The predicted octanol–water partition coefficient (Wildman–Crippen LogP) is 1.08. The van der Waals surface area contributed by atoms with Crippen molar-refractivity contribution in [2.75, 3.05) is 20.1 Å². The number of carboxylic acid groups (broad SMARTS) is 1. The number of likely N-dealkylation sites (N-methyl/N-ethyl adjacent to an activating group) is 1. The highest BCUT2D eigenvalue weighted by molar-refractivity contribution is 5.79. The molecule has 110 valence electrons. The second-order valence-electron chi connectivity index (χ2n) is 6.10. The zero-order valence-electron chi connectivity index (χ0n) is 12.2. The van der Waals surface area contributed by atoms with Gasteiger partial charge in [0.15, 0.2) is 0 Å². The van der Waals surface area contributed by atoms with Crippen molar-refractivity contribution in [3.8, 4) is 0 Å². The van der Waals surface area contributed by atoms with Gasteiger partial charge in [0.25, 0.3) is 0 Å². The zero-order valence-corrected chi connectivity index (χ0v) is 12.2. The molecular weight excluding hydrogens is 244 g/mol. The van der Waals surface area contributed by atoms with Crippen molar-refractivity contribution < 1.29 is 14.6 Å². The average Bonchev–Trinajstić information content (AvgIpc) is 2.37. The van der Waals surface area contributed by atoms with Crippen LogP contribution in [0.15, 0.2) is 0 Å². The van der Waals surface area contributed by atoms with E-state index in [9.17, 15) is 9.90 Å². The van der Waals surface area contributed by atoms with Gasteiger partial charge in [0.1, 0.15) is 5.54 Å². The standard InChI is InChI=1S/C14H26N2O3/c1-10-8-16(9-11(2)19-10)12-5-4-6-14(7-12,15-3)13(17)18/h10-12,15H,4-9H2,1-3H3,(H,17,18)/t10-,11+,12?,14?. The quantitative estimate of drug-likeness (QED) is 0.803. The van der Waals surface area contributed by atoms with E-state index in [1.165, 1.54) is 0 Å². The van der Waals surface area contributed by atoms with Gasteiger partial charge in [-0.2, -0.15) is 0 Å². The molecule has 4 atom stereocenters. The zero-order chi connectivity index (χ0) is 14.0. The number of nitrogens with one attached hydrogen (secondary N) is 1. The van der Waals surface area contributed by atoms with Crippen LogP contribution in [0.1, 0.15) is 39.5 Å².